The fourth-order valence-electron chi connectivity index (χ4n) is 3.77. The van der Waals surface area contributed by atoms with Gasteiger partial charge in [0.25, 0.3) is 0 Å². The number of hydrogen-bond donors (Lipinski definition) is 0. The predicted molar refractivity (Wildman–Crippen MR) is 116 cm³/mol. The van der Waals surface area contributed by atoms with Crippen LogP contribution in [0.4, 0.5) is 5.69 Å². The molecule has 0 amide bonds. The third-order valence-corrected chi connectivity index (χ3v) is 5.06. The van der Waals surface area contributed by atoms with Crippen LogP contribution in [0.2, 0.25) is 0 Å². The zero-order valence-electron chi connectivity index (χ0n) is 17.2. The number of rotatable bonds is 6. The predicted octanol–water partition coefficient (Wildman–Crippen LogP) is 6.12. The Morgan fingerprint density at radius 2 is 1.81 bits per heavy atom. The minimum Gasteiger partial charge on any atom is -0.456 e. The van der Waals surface area contributed by atoms with E-state index >= 15 is 0 Å². The Hall–Kier alpha value is -2.55. The van der Waals surface area contributed by atoms with Crippen molar-refractivity contribution in [3.8, 4) is 11.3 Å². The van der Waals surface area contributed by atoms with Crippen LogP contribution in [0.15, 0.2) is 51.9 Å². The van der Waals surface area contributed by atoms with Crippen LogP contribution in [0.3, 0.4) is 0 Å². The van der Waals surface area contributed by atoms with Gasteiger partial charge in [0, 0.05) is 48.4 Å². The molecular formula is C24H30N2O. The summed E-state index contributed by atoms with van der Waals surface area (Å²) in [5, 5.41) is 2.14. The van der Waals surface area contributed by atoms with Crippen molar-refractivity contribution in [1.82, 2.24) is 0 Å². The maximum Gasteiger partial charge on any atom is 0.137 e. The minimum atomic E-state index is 0.771. The maximum atomic E-state index is 6.37. The zero-order chi connectivity index (χ0) is 19.4. The van der Waals surface area contributed by atoms with Crippen LogP contribution in [0.1, 0.15) is 46.6 Å². The minimum absolute atomic E-state index is 0.771. The Morgan fingerprint density at radius 3 is 2.48 bits per heavy atom. The van der Waals surface area contributed by atoms with Gasteiger partial charge in [-0.25, -0.2) is 0 Å². The fraction of sp³-hybridized carbons (Fsp3) is 0.375. The molecular weight excluding hydrogens is 332 g/mol. The lowest BCUT2D eigenvalue weighted by molar-refractivity contribution is 0.617. The molecule has 1 heterocycles. The molecule has 0 atom stereocenters. The molecule has 1 aliphatic heterocycles. The summed E-state index contributed by atoms with van der Waals surface area (Å²) in [6.45, 7) is 13.5. The third-order valence-electron chi connectivity index (χ3n) is 5.06. The van der Waals surface area contributed by atoms with Crippen LogP contribution < -0.4 is 10.3 Å². The Balaban J connectivity index is 2.36. The molecule has 3 heteroatoms. The van der Waals surface area contributed by atoms with Gasteiger partial charge in [0.05, 0.1) is 5.36 Å². The Bertz CT molecular complexity index is 993. The van der Waals surface area contributed by atoms with E-state index in [1.165, 1.54) is 22.2 Å². The second-order valence-corrected chi connectivity index (χ2v) is 6.78. The lowest BCUT2D eigenvalue weighted by atomic mass is 9.93. The average molecular weight is 363 g/mol. The summed E-state index contributed by atoms with van der Waals surface area (Å²) in [5.74, 6) is 0.896. The number of benzene rings is 2. The van der Waals surface area contributed by atoms with Crippen molar-refractivity contribution in [1.29, 1.82) is 0 Å². The van der Waals surface area contributed by atoms with Gasteiger partial charge in [-0.05, 0) is 69.5 Å². The molecule has 3 rings (SSSR count). The quantitative estimate of drug-likeness (QED) is 0.494. The molecule has 2 aliphatic rings. The zero-order valence-corrected chi connectivity index (χ0v) is 17.2. The molecule has 0 saturated heterocycles. The molecule has 0 spiro atoms. The first-order valence-electron chi connectivity index (χ1n) is 10.1. The van der Waals surface area contributed by atoms with E-state index in [9.17, 15) is 0 Å². The number of fused-ring (bicyclic) bond motifs is 2. The molecule has 0 fully saturated rings. The first-order chi connectivity index (χ1) is 13.1. The van der Waals surface area contributed by atoms with Gasteiger partial charge in [-0.3, -0.25) is 4.99 Å². The standard InChI is InChI=1S/C24H30N2O/c1-6-10-17(5)24-20-13-11-18(25-7-2)15-22(20)27-23-16-19(12-14-21(23)24)26(8-3)9-4/h10-16H,6-9H2,1-5H3. The largest absolute Gasteiger partial charge is 0.456 e. The molecule has 0 aromatic heterocycles. The summed E-state index contributed by atoms with van der Waals surface area (Å²) in [6.07, 6.45) is 3.30. The SMILES string of the molecule is CCC=C(C)c1c2ccc(=NCC)cc-2oc2cc(N(CC)CC)ccc12. The van der Waals surface area contributed by atoms with Crippen LogP contribution in [0, 0.1) is 0 Å². The summed E-state index contributed by atoms with van der Waals surface area (Å²) >= 11 is 0. The van der Waals surface area contributed by atoms with Gasteiger partial charge in [0.1, 0.15) is 11.3 Å². The van der Waals surface area contributed by atoms with Gasteiger partial charge < -0.3 is 9.32 Å². The summed E-state index contributed by atoms with van der Waals surface area (Å²) in [5.41, 5.74) is 5.84. The normalized spacial score (nSPS) is 12.9. The van der Waals surface area contributed by atoms with Crippen molar-refractivity contribution in [2.75, 3.05) is 24.5 Å². The van der Waals surface area contributed by atoms with Crippen LogP contribution in [-0.4, -0.2) is 19.6 Å². The number of anilines is 1. The number of allylic oxidation sites excluding steroid dienone is 2. The highest BCUT2D eigenvalue weighted by Crippen LogP contribution is 2.38. The van der Waals surface area contributed by atoms with E-state index in [2.05, 4.69) is 87.0 Å². The van der Waals surface area contributed by atoms with Gasteiger partial charge >= 0.3 is 0 Å². The van der Waals surface area contributed by atoms with Crippen LogP contribution in [0.25, 0.3) is 27.9 Å². The van der Waals surface area contributed by atoms with Crippen molar-refractivity contribution in [3.05, 3.63) is 53.4 Å². The van der Waals surface area contributed by atoms with Crippen molar-refractivity contribution >= 4 is 22.2 Å². The molecule has 3 nitrogen and oxygen atoms in total. The topological polar surface area (TPSA) is 28.7 Å². The molecule has 1 aliphatic carbocycles. The van der Waals surface area contributed by atoms with Gasteiger partial charge in [-0.1, -0.05) is 13.0 Å². The van der Waals surface area contributed by atoms with Crippen LogP contribution >= 0.6 is 0 Å². The Labute approximate surface area is 162 Å². The highest BCUT2D eigenvalue weighted by Gasteiger charge is 2.17. The van der Waals surface area contributed by atoms with Gasteiger partial charge in [-0.15, -0.1) is 0 Å². The summed E-state index contributed by atoms with van der Waals surface area (Å²) in [4.78, 5) is 6.88. The highest BCUT2D eigenvalue weighted by molar-refractivity contribution is 5.98. The molecule has 0 unspecified atom stereocenters. The Kier molecular flexibility index (Phi) is 6.00. The van der Waals surface area contributed by atoms with E-state index in [4.69, 9.17) is 4.42 Å². The molecule has 27 heavy (non-hydrogen) atoms. The van der Waals surface area contributed by atoms with E-state index in [0.29, 0.717) is 0 Å². The molecule has 1 aromatic carbocycles. The number of hydrogen-bond acceptors (Lipinski definition) is 3. The van der Waals surface area contributed by atoms with Crippen molar-refractivity contribution in [2.24, 2.45) is 4.99 Å². The van der Waals surface area contributed by atoms with Crippen LogP contribution in [0.5, 0.6) is 0 Å². The second kappa shape index (κ2) is 8.43. The van der Waals surface area contributed by atoms with Gasteiger partial charge in [0.2, 0.25) is 0 Å². The molecule has 0 radical (unpaired) electrons. The number of nitrogens with zero attached hydrogens (tertiary/aromatic N) is 2. The first-order valence-corrected chi connectivity index (χ1v) is 10.1. The van der Waals surface area contributed by atoms with E-state index in [1.54, 1.807) is 0 Å². The van der Waals surface area contributed by atoms with Gasteiger partial charge in [0.15, 0.2) is 0 Å². The third kappa shape index (κ3) is 3.78. The molecule has 0 N–H and O–H groups in total. The summed E-state index contributed by atoms with van der Waals surface area (Å²) in [7, 11) is 0. The summed E-state index contributed by atoms with van der Waals surface area (Å²) in [6, 6.07) is 12.9. The van der Waals surface area contributed by atoms with Crippen molar-refractivity contribution < 1.29 is 4.42 Å². The van der Waals surface area contributed by atoms with E-state index < -0.39 is 0 Å². The molecule has 0 bridgehead atoms. The maximum absolute atomic E-state index is 6.37. The Morgan fingerprint density at radius 1 is 1.04 bits per heavy atom. The molecule has 1 aromatic rings. The van der Waals surface area contributed by atoms with Gasteiger partial charge in [-0.2, -0.15) is 0 Å². The first kappa shape index (κ1) is 19.2. The van der Waals surface area contributed by atoms with Crippen molar-refractivity contribution in [3.63, 3.8) is 0 Å². The lowest BCUT2D eigenvalue weighted by Gasteiger charge is -2.22. The van der Waals surface area contributed by atoms with E-state index in [0.717, 1.165) is 48.3 Å². The summed E-state index contributed by atoms with van der Waals surface area (Å²) < 4.78 is 6.37. The lowest BCUT2D eigenvalue weighted by Crippen LogP contribution is -2.21. The second-order valence-electron chi connectivity index (χ2n) is 6.78. The fourth-order valence-corrected chi connectivity index (χ4v) is 3.77. The van der Waals surface area contributed by atoms with Crippen LogP contribution in [-0.2, 0) is 0 Å². The van der Waals surface area contributed by atoms with E-state index in [-0.39, 0.29) is 0 Å². The van der Waals surface area contributed by atoms with Crippen molar-refractivity contribution in [2.45, 2.75) is 41.0 Å². The highest BCUT2D eigenvalue weighted by atomic mass is 16.3. The average Bonchev–Trinajstić information content (AvgIpc) is 2.67. The monoisotopic (exact) mass is 362 g/mol. The molecule has 0 saturated carbocycles. The molecule has 142 valence electrons. The van der Waals surface area contributed by atoms with E-state index in [1.807, 2.05) is 0 Å². The smallest absolute Gasteiger partial charge is 0.137 e.